The highest BCUT2D eigenvalue weighted by atomic mass is 32.1. The molecule has 1 amide bonds. The van der Waals surface area contributed by atoms with Crippen molar-refractivity contribution in [2.24, 2.45) is 0 Å². The average molecular weight is 287 g/mol. The molecule has 0 bridgehead atoms. The summed E-state index contributed by atoms with van der Waals surface area (Å²) in [5, 5.41) is 9.23. The van der Waals surface area contributed by atoms with Gasteiger partial charge in [-0.25, -0.2) is 4.98 Å². The minimum absolute atomic E-state index is 0.0538. The first kappa shape index (κ1) is 13.1. The molecule has 4 nitrogen and oxygen atoms in total. The lowest BCUT2D eigenvalue weighted by Gasteiger charge is -2.12. The van der Waals surface area contributed by atoms with Gasteiger partial charge in [-0.05, 0) is 38.0 Å². The predicted octanol–water partition coefficient (Wildman–Crippen LogP) is 2.91. The predicted molar refractivity (Wildman–Crippen MR) is 81.4 cm³/mol. The molecule has 1 unspecified atom stereocenters. The van der Waals surface area contributed by atoms with Gasteiger partial charge in [0.15, 0.2) is 0 Å². The topological polar surface area (TPSA) is 54.0 Å². The molecule has 0 aliphatic carbocycles. The number of rotatable bonds is 3. The van der Waals surface area contributed by atoms with Crippen molar-refractivity contribution < 1.29 is 4.79 Å². The van der Waals surface area contributed by atoms with Crippen LogP contribution >= 0.6 is 11.3 Å². The van der Waals surface area contributed by atoms with E-state index in [0.717, 1.165) is 29.4 Å². The number of hydrogen-bond donors (Lipinski definition) is 2. The fourth-order valence-electron chi connectivity index (χ4n) is 2.34. The summed E-state index contributed by atoms with van der Waals surface area (Å²) in [6.07, 6.45) is 1.03. The van der Waals surface area contributed by atoms with Crippen molar-refractivity contribution in [3.63, 3.8) is 0 Å². The third kappa shape index (κ3) is 2.54. The highest BCUT2D eigenvalue weighted by molar-refractivity contribution is 7.09. The van der Waals surface area contributed by atoms with Crippen LogP contribution in [0.4, 0.5) is 5.69 Å². The summed E-state index contributed by atoms with van der Waals surface area (Å²) >= 11 is 1.58. The van der Waals surface area contributed by atoms with Crippen LogP contribution in [0.2, 0.25) is 0 Å². The Bertz CT molecular complexity index is 650. The van der Waals surface area contributed by atoms with Gasteiger partial charge in [-0.3, -0.25) is 4.79 Å². The van der Waals surface area contributed by atoms with Gasteiger partial charge in [-0.2, -0.15) is 0 Å². The van der Waals surface area contributed by atoms with E-state index in [2.05, 4.69) is 15.6 Å². The fraction of sp³-hybridized carbons (Fsp3) is 0.333. The van der Waals surface area contributed by atoms with E-state index in [-0.39, 0.29) is 11.9 Å². The van der Waals surface area contributed by atoms with Gasteiger partial charge in [0.1, 0.15) is 5.01 Å². The highest BCUT2D eigenvalue weighted by Crippen LogP contribution is 2.24. The van der Waals surface area contributed by atoms with Gasteiger partial charge >= 0.3 is 0 Å². The molecule has 20 heavy (non-hydrogen) atoms. The Morgan fingerprint density at radius 2 is 2.35 bits per heavy atom. The minimum atomic E-state index is -0.0672. The van der Waals surface area contributed by atoms with Crippen LogP contribution in [0.1, 0.15) is 39.6 Å². The molecular weight excluding hydrogens is 270 g/mol. The zero-order chi connectivity index (χ0) is 14.1. The van der Waals surface area contributed by atoms with Gasteiger partial charge in [0.2, 0.25) is 0 Å². The maximum Gasteiger partial charge on any atom is 0.251 e. The van der Waals surface area contributed by atoms with E-state index in [1.807, 2.05) is 37.4 Å². The summed E-state index contributed by atoms with van der Waals surface area (Å²) in [6.45, 7) is 4.87. The maximum atomic E-state index is 12.3. The van der Waals surface area contributed by atoms with Crippen molar-refractivity contribution in [3.05, 3.63) is 45.4 Å². The van der Waals surface area contributed by atoms with Gasteiger partial charge in [0, 0.05) is 28.9 Å². The first-order valence-electron chi connectivity index (χ1n) is 6.73. The first-order chi connectivity index (χ1) is 9.63. The molecule has 0 saturated carbocycles. The van der Waals surface area contributed by atoms with Gasteiger partial charge < -0.3 is 10.6 Å². The van der Waals surface area contributed by atoms with Crippen molar-refractivity contribution in [1.29, 1.82) is 0 Å². The number of carbonyl (C=O) groups excluding carboxylic acids is 1. The molecule has 0 fully saturated rings. The Hall–Kier alpha value is -1.88. The monoisotopic (exact) mass is 287 g/mol. The van der Waals surface area contributed by atoms with Crippen LogP contribution in [0.25, 0.3) is 0 Å². The number of benzene rings is 1. The zero-order valence-electron chi connectivity index (χ0n) is 11.6. The molecule has 0 radical (unpaired) electrons. The third-order valence-electron chi connectivity index (χ3n) is 3.44. The second-order valence-electron chi connectivity index (χ2n) is 5.07. The van der Waals surface area contributed by atoms with Gasteiger partial charge in [-0.15, -0.1) is 11.3 Å². The van der Waals surface area contributed by atoms with Crippen LogP contribution in [0.5, 0.6) is 0 Å². The Labute approximate surface area is 122 Å². The molecule has 3 rings (SSSR count). The second kappa shape index (κ2) is 5.25. The summed E-state index contributed by atoms with van der Waals surface area (Å²) < 4.78 is 0. The Morgan fingerprint density at radius 3 is 3.10 bits per heavy atom. The summed E-state index contributed by atoms with van der Waals surface area (Å²) in [7, 11) is 0. The Kier molecular flexibility index (Phi) is 3.44. The van der Waals surface area contributed by atoms with Crippen molar-refractivity contribution in [2.45, 2.75) is 26.3 Å². The van der Waals surface area contributed by atoms with E-state index in [0.29, 0.717) is 5.56 Å². The Balaban J connectivity index is 1.73. The van der Waals surface area contributed by atoms with Crippen molar-refractivity contribution >= 4 is 22.9 Å². The molecule has 1 atom stereocenters. The number of carbonyl (C=O) groups is 1. The largest absolute Gasteiger partial charge is 0.384 e. The summed E-state index contributed by atoms with van der Waals surface area (Å²) in [6, 6.07) is 5.78. The summed E-state index contributed by atoms with van der Waals surface area (Å²) in [4.78, 5) is 16.7. The molecule has 2 heterocycles. The van der Waals surface area contributed by atoms with Crippen LogP contribution in [0.15, 0.2) is 23.6 Å². The van der Waals surface area contributed by atoms with Crippen LogP contribution < -0.4 is 10.6 Å². The Morgan fingerprint density at radius 1 is 1.50 bits per heavy atom. The molecule has 1 aliphatic heterocycles. The molecule has 5 heteroatoms. The number of anilines is 1. The van der Waals surface area contributed by atoms with Crippen LogP contribution in [0.3, 0.4) is 0 Å². The summed E-state index contributed by atoms with van der Waals surface area (Å²) in [5.74, 6) is -0.0538. The maximum absolute atomic E-state index is 12.3. The molecule has 0 spiro atoms. The number of nitrogens with one attached hydrogen (secondary N) is 2. The number of fused-ring (bicyclic) bond motifs is 1. The van der Waals surface area contributed by atoms with E-state index >= 15 is 0 Å². The molecule has 1 aromatic heterocycles. The van der Waals surface area contributed by atoms with Gasteiger partial charge in [-0.1, -0.05) is 6.07 Å². The quantitative estimate of drug-likeness (QED) is 0.912. The molecule has 2 aromatic rings. The second-order valence-corrected chi connectivity index (χ2v) is 5.96. The van der Waals surface area contributed by atoms with E-state index in [4.69, 9.17) is 0 Å². The molecular formula is C15H17N3OS. The highest BCUT2D eigenvalue weighted by Gasteiger charge is 2.16. The van der Waals surface area contributed by atoms with E-state index in [1.54, 1.807) is 11.3 Å². The SMILES string of the molecule is Cc1csc(C(C)NC(=O)c2ccc3c(c2)NCC3)n1. The minimum Gasteiger partial charge on any atom is -0.384 e. The number of amides is 1. The van der Waals surface area contributed by atoms with Crippen LogP contribution in [-0.4, -0.2) is 17.4 Å². The van der Waals surface area contributed by atoms with Gasteiger partial charge in [0.05, 0.1) is 6.04 Å². The fourth-order valence-corrected chi connectivity index (χ4v) is 3.15. The molecule has 2 N–H and O–H groups in total. The van der Waals surface area contributed by atoms with Crippen molar-refractivity contribution in [3.8, 4) is 0 Å². The number of nitrogens with zero attached hydrogens (tertiary/aromatic N) is 1. The smallest absolute Gasteiger partial charge is 0.251 e. The molecule has 0 saturated heterocycles. The molecule has 1 aromatic carbocycles. The number of thiazole rings is 1. The normalized spacial score (nSPS) is 14.5. The number of hydrogen-bond acceptors (Lipinski definition) is 4. The van der Waals surface area contributed by atoms with Crippen molar-refractivity contribution in [1.82, 2.24) is 10.3 Å². The van der Waals surface area contributed by atoms with E-state index in [9.17, 15) is 4.79 Å². The lowest BCUT2D eigenvalue weighted by Crippen LogP contribution is -2.26. The molecule has 104 valence electrons. The number of aromatic nitrogens is 1. The zero-order valence-corrected chi connectivity index (χ0v) is 12.4. The van der Waals surface area contributed by atoms with E-state index < -0.39 is 0 Å². The lowest BCUT2D eigenvalue weighted by molar-refractivity contribution is 0.0940. The lowest BCUT2D eigenvalue weighted by atomic mass is 10.1. The van der Waals surface area contributed by atoms with Crippen molar-refractivity contribution in [2.75, 3.05) is 11.9 Å². The van der Waals surface area contributed by atoms with Crippen LogP contribution in [-0.2, 0) is 6.42 Å². The van der Waals surface area contributed by atoms with Crippen LogP contribution in [0, 0.1) is 6.92 Å². The average Bonchev–Trinajstić information content (AvgIpc) is 3.05. The van der Waals surface area contributed by atoms with E-state index in [1.165, 1.54) is 5.56 Å². The standard InChI is InChI=1S/C15H17N3OS/c1-9-8-20-15(17-9)10(2)18-14(19)12-4-3-11-5-6-16-13(11)7-12/h3-4,7-8,10,16H,5-6H2,1-2H3,(H,18,19). The first-order valence-corrected chi connectivity index (χ1v) is 7.61. The number of aryl methyl sites for hydroxylation is 1. The third-order valence-corrected chi connectivity index (χ3v) is 4.58. The molecule has 1 aliphatic rings. The summed E-state index contributed by atoms with van der Waals surface area (Å²) in [5.41, 5.74) is 4.05. The van der Waals surface area contributed by atoms with Gasteiger partial charge in [0.25, 0.3) is 5.91 Å².